The van der Waals surface area contributed by atoms with Crippen molar-refractivity contribution in [2.75, 3.05) is 13.1 Å². The first-order chi connectivity index (χ1) is 12.0. The fraction of sp³-hybridized carbons (Fsp3) is 0.316. The van der Waals surface area contributed by atoms with E-state index in [4.69, 9.17) is 0 Å². The zero-order valence-electron chi connectivity index (χ0n) is 14.1. The average molecular weight is 355 g/mol. The van der Waals surface area contributed by atoms with Gasteiger partial charge in [0.05, 0.1) is 15.9 Å². The normalized spacial score (nSPS) is 17.2. The Morgan fingerprint density at radius 2 is 1.72 bits per heavy atom. The summed E-state index contributed by atoms with van der Waals surface area (Å²) in [6, 6.07) is 15.0. The highest BCUT2D eigenvalue weighted by Crippen LogP contribution is 2.30. The van der Waals surface area contributed by atoms with Gasteiger partial charge in [-0.1, -0.05) is 29.8 Å². The van der Waals surface area contributed by atoms with E-state index >= 15 is 0 Å². The second-order valence-corrected chi connectivity index (χ2v) is 8.57. The lowest BCUT2D eigenvalue weighted by Gasteiger charge is -2.30. The van der Waals surface area contributed by atoms with Gasteiger partial charge in [0.25, 0.3) is 0 Å². The third-order valence-electron chi connectivity index (χ3n) is 4.91. The molecule has 0 unspecified atom stereocenters. The van der Waals surface area contributed by atoms with Crippen molar-refractivity contribution < 1.29 is 8.42 Å². The standard InChI is InChI=1S/C19H21N3O2S/c1-14-6-8-16(9-7-14)25(23,24)22-12-10-15(11-13-22)19-20-17-4-2-3-5-18(17)21-19/h2-9,15H,10-13H2,1H3,(H,20,21). The van der Waals surface area contributed by atoms with Crippen LogP contribution >= 0.6 is 0 Å². The Balaban J connectivity index is 1.50. The Bertz CT molecular complexity index is 952. The minimum Gasteiger partial charge on any atom is -0.342 e. The summed E-state index contributed by atoms with van der Waals surface area (Å²) in [4.78, 5) is 8.42. The number of benzene rings is 2. The van der Waals surface area contributed by atoms with Crippen LogP contribution in [-0.2, 0) is 10.0 Å². The Labute approximate surface area is 147 Å². The minimum atomic E-state index is -3.41. The largest absolute Gasteiger partial charge is 0.342 e. The van der Waals surface area contributed by atoms with Crippen molar-refractivity contribution in [3.63, 3.8) is 0 Å². The molecule has 0 aliphatic carbocycles. The SMILES string of the molecule is Cc1ccc(S(=O)(=O)N2CCC(c3nc4ccccc4[nH]3)CC2)cc1. The third kappa shape index (κ3) is 3.07. The molecule has 1 aromatic heterocycles. The number of aryl methyl sites for hydroxylation is 1. The van der Waals surface area contributed by atoms with Gasteiger partial charge in [-0.15, -0.1) is 0 Å². The molecular formula is C19H21N3O2S. The first-order valence-electron chi connectivity index (χ1n) is 8.55. The monoisotopic (exact) mass is 355 g/mol. The molecule has 0 amide bonds. The first kappa shape index (κ1) is 16.3. The van der Waals surface area contributed by atoms with E-state index in [-0.39, 0.29) is 5.92 Å². The maximum Gasteiger partial charge on any atom is 0.243 e. The van der Waals surface area contributed by atoms with Gasteiger partial charge in [0.15, 0.2) is 0 Å². The fourth-order valence-electron chi connectivity index (χ4n) is 3.39. The second kappa shape index (κ2) is 6.28. The van der Waals surface area contributed by atoms with Crippen LogP contribution in [0.2, 0.25) is 0 Å². The highest BCUT2D eigenvalue weighted by atomic mass is 32.2. The van der Waals surface area contributed by atoms with Crippen molar-refractivity contribution >= 4 is 21.1 Å². The van der Waals surface area contributed by atoms with Gasteiger partial charge in [-0.3, -0.25) is 0 Å². The molecule has 1 fully saturated rings. The first-order valence-corrected chi connectivity index (χ1v) is 9.99. The summed E-state index contributed by atoms with van der Waals surface area (Å²) in [5.74, 6) is 1.24. The van der Waals surface area contributed by atoms with Gasteiger partial charge in [0.2, 0.25) is 10.0 Å². The molecule has 1 saturated heterocycles. The number of nitrogens with zero attached hydrogens (tertiary/aromatic N) is 2. The lowest BCUT2D eigenvalue weighted by Crippen LogP contribution is -2.38. The maximum atomic E-state index is 12.8. The summed E-state index contributed by atoms with van der Waals surface area (Å²) in [5.41, 5.74) is 3.06. The molecule has 1 aliphatic rings. The number of aromatic amines is 1. The smallest absolute Gasteiger partial charge is 0.243 e. The van der Waals surface area contributed by atoms with E-state index in [2.05, 4.69) is 9.97 Å². The van der Waals surface area contributed by atoms with Crippen molar-refractivity contribution in [1.82, 2.24) is 14.3 Å². The minimum absolute atomic E-state index is 0.275. The number of rotatable bonds is 3. The van der Waals surface area contributed by atoms with Crippen molar-refractivity contribution in [2.24, 2.45) is 0 Å². The van der Waals surface area contributed by atoms with Crippen molar-refractivity contribution in [2.45, 2.75) is 30.6 Å². The van der Waals surface area contributed by atoms with Crippen LogP contribution in [0.4, 0.5) is 0 Å². The zero-order valence-corrected chi connectivity index (χ0v) is 15.0. The van der Waals surface area contributed by atoms with E-state index < -0.39 is 10.0 Å². The number of para-hydroxylation sites is 2. The molecule has 4 rings (SSSR count). The highest BCUT2D eigenvalue weighted by molar-refractivity contribution is 7.89. The van der Waals surface area contributed by atoms with Gasteiger partial charge in [-0.2, -0.15) is 4.31 Å². The molecule has 0 radical (unpaired) electrons. The van der Waals surface area contributed by atoms with Gasteiger partial charge < -0.3 is 4.98 Å². The lowest BCUT2D eigenvalue weighted by molar-refractivity contribution is 0.314. The number of hydrogen-bond donors (Lipinski definition) is 1. The summed E-state index contributed by atoms with van der Waals surface area (Å²) in [6.45, 7) is 3.01. The van der Waals surface area contributed by atoms with Crippen LogP contribution in [0, 0.1) is 6.92 Å². The van der Waals surface area contributed by atoms with E-state index in [1.807, 2.05) is 43.3 Å². The number of sulfonamides is 1. The van der Waals surface area contributed by atoms with E-state index in [0.717, 1.165) is 35.3 Å². The van der Waals surface area contributed by atoms with Crippen molar-refractivity contribution in [1.29, 1.82) is 0 Å². The summed E-state index contributed by atoms with van der Waals surface area (Å²) >= 11 is 0. The van der Waals surface area contributed by atoms with E-state index in [9.17, 15) is 8.42 Å². The fourth-order valence-corrected chi connectivity index (χ4v) is 4.86. The summed E-state index contributed by atoms with van der Waals surface area (Å²) < 4.78 is 27.2. The van der Waals surface area contributed by atoms with Crippen molar-refractivity contribution in [3.8, 4) is 0 Å². The predicted octanol–water partition coefficient (Wildman–Crippen LogP) is 3.44. The molecular weight excluding hydrogens is 334 g/mol. The van der Waals surface area contributed by atoms with E-state index in [0.29, 0.717) is 18.0 Å². The van der Waals surface area contributed by atoms with Crippen LogP contribution in [0.15, 0.2) is 53.4 Å². The second-order valence-electron chi connectivity index (χ2n) is 6.63. The molecule has 3 aromatic rings. The quantitative estimate of drug-likeness (QED) is 0.783. The Hall–Kier alpha value is -2.18. The summed E-state index contributed by atoms with van der Waals surface area (Å²) in [6.07, 6.45) is 1.57. The third-order valence-corrected chi connectivity index (χ3v) is 6.82. The molecule has 1 N–H and O–H groups in total. The molecule has 1 aliphatic heterocycles. The van der Waals surface area contributed by atoms with Crippen LogP contribution in [0.25, 0.3) is 11.0 Å². The van der Waals surface area contributed by atoms with Gasteiger partial charge in [-0.25, -0.2) is 13.4 Å². The Morgan fingerprint density at radius 3 is 2.40 bits per heavy atom. The van der Waals surface area contributed by atoms with Crippen molar-refractivity contribution in [3.05, 3.63) is 59.9 Å². The zero-order chi connectivity index (χ0) is 17.4. The number of piperidine rings is 1. The molecule has 0 saturated carbocycles. The molecule has 2 aromatic carbocycles. The highest BCUT2D eigenvalue weighted by Gasteiger charge is 2.30. The predicted molar refractivity (Wildman–Crippen MR) is 98.0 cm³/mol. The average Bonchev–Trinajstić information content (AvgIpc) is 3.06. The van der Waals surface area contributed by atoms with E-state index in [1.54, 1.807) is 16.4 Å². The van der Waals surface area contributed by atoms with Crippen LogP contribution in [0.3, 0.4) is 0 Å². The van der Waals surface area contributed by atoms with Crippen LogP contribution in [0.1, 0.15) is 30.1 Å². The summed E-state index contributed by atoms with van der Waals surface area (Å²) in [7, 11) is -3.41. The number of H-pyrrole nitrogens is 1. The Morgan fingerprint density at radius 1 is 1.04 bits per heavy atom. The molecule has 2 heterocycles. The number of aromatic nitrogens is 2. The molecule has 5 nitrogen and oxygen atoms in total. The van der Waals surface area contributed by atoms with Gasteiger partial charge in [-0.05, 0) is 44.0 Å². The van der Waals surface area contributed by atoms with Gasteiger partial charge >= 0.3 is 0 Å². The van der Waals surface area contributed by atoms with Crippen LogP contribution in [0.5, 0.6) is 0 Å². The molecule has 0 atom stereocenters. The number of imidazole rings is 1. The van der Waals surface area contributed by atoms with Gasteiger partial charge in [0.1, 0.15) is 5.82 Å². The molecule has 0 bridgehead atoms. The Kier molecular flexibility index (Phi) is 4.09. The lowest BCUT2D eigenvalue weighted by atomic mass is 9.97. The topological polar surface area (TPSA) is 66.1 Å². The van der Waals surface area contributed by atoms with Gasteiger partial charge in [0, 0.05) is 19.0 Å². The molecule has 6 heteroatoms. The number of fused-ring (bicyclic) bond motifs is 1. The number of hydrogen-bond acceptors (Lipinski definition) is 3. The van der Waals surface area contributed by atoms with E-state index in [1.165, 1.54) is 0 Å². The number of nitrogens with one attached hydrogen (secondary N) is 1. The maximum absolute atomic E-state index is 12.8. The molecule has 25 heavy (non-hydrogen) atoms. The van der Waals surface area contributed by atoms with Crippen LogP contribution < -0.4 is 0 Å². The van der Waals surface area contributed by atoms with Crippen LogP contribution in [-0.4, -0.2) is 35.8 Å². The molecule has 0 spiro atoms. The molecule has 130 valence electrons. The summed E-state index contributed by atoms with van der Waals surface area (Å²) in [5, 5.41) is 0.